The number of rotatable bonds is 6. The molecule has 0 N–H and O–H groups in total. The predicted molar refractivity (Wildman–Crippen MR) is 104 cm³/mol. The van der Waals surface area contributed by atoms with E-state index in [9.17, 15) is 4.79 Å². The Balaban J connectivity index is 1.85. The predicted octanol–water partition coefficient (Wildman–Crippen LogP) is 4.56. The molecule has 1 aliphatic heterocycles. The Bertz CT molecular complexity index is 757. The van der Waals surface area contributed by atoms with Crippen LogP contribution in [0.5, 0.6) is 0 Å². The highest BCUT2D eigenvalue weighted by Gasteiger charge is 2.43. The van der Waals surface area contributed by atoms with Gasteiger partial charge in [0.25, 0.3) is 0 Å². The van der Waals surface area contributed by atoms with Crippen molar-refractivity contribution in [3.05, 3.63) is 54.1 Å². The molecule has 0 amide bonds. The number of benzene rings is 2. The molecule has 1 unspecified atom stereocenters. The summed E-state index contributed by atoms with van der Waals surface area (Å²) >= 11 is 1.59. The van der Waals surface area contributed by atoms with Crippen LogP contribution in [0.15, 0.2) is 53.4 Å². The number of carbonyl (C=O) groups is 1. The van der Waals surface area contributed by atoms with Crippen LogP contribution in [0.3, 0.4) is 0 Å². The lowest BCUT2D eigenvalue weighted by molar-refractivity contribution is -0.146. The van der Waals surface area contributed by atoms with Crippen LogP contribution in [-0.4, -0.2) is 37.1 Å². The van der Waals surface area contributed by atoms with Gasteiger partial charge in [-0.1, -0.05) is 56.3 Å². The van der Waals surface area contributed by atoms with Crippen LogP contribution in [0.1, 0.15) is 26.3 Å². The van der Waals surface area contributed by atoms with Crippen molar-refractivity contribution in [1.82, 2.24) is 4.90 Å². The van der Waals surface area contributed by atoms with E-state index in [0.717, 1.165) is 35.7 Å². The second-order valence-corrected chi connectivity index (χ2v) is 7.80. The highest BCUT2D eigenvalue weighted by atomic mass is 32.2. The number of fused-ring (bicyclic) bond motifs is 3. The van der Waals surface area contributed by atoms with Crippen molar-refractivity contribution in [2.24, 2.45) is 0 Å². The van der Waals surface area contributed by atoms with Crippen molar-refractivity contribution in [3.63, 3.8) is 0 Å². The summed E-state index contributed by atoms with van der Waals surface area (Å²) in [4.78, 5) is 16.4. The lowest BCUT2D eigenvalue weighted by atomic mass is 9.90. The molecule has 0 saturated heterocycles. The number of likely N-dealkylation sites (N-methyl/N-ethyl adjacent to an activating group) is 1. The van der Waals surface area contributed by atoms with Gasteiger partial charge >= 0.3 is 5.97 Å². The molecule has 0 spiro atoms. The Morgan fingerprint density at radius 1 is 1.04 bits per heavy atom. The summed E-state index contributed by atoms with van der Waals surface area (Å²) in [6.07, 6.45) is 0. The average Bonchev–Trinajstić information content (AvgIpc) is 2.65. The van der Waals surface area contributed by atoms with Crippen LogP contribution in [0.25, 0.3) is 11.1 Å². The molecule has 132 valence electrons. The van der Waals surface area contributed by atoms with E-state index < -0.39 is 4.75 Å². The van der Waals surface area contributed by atoms with Gasteiger partial charge in [-0.25, -0.2) is 0 Å². The van der Waals surface area contributed by atoms with Gasteiger partial charge in [-0.2, -0.15) is 0 Å². The highest BCUT2D eigenvalue weighted by Crippen LogP contribution is 2.52. The van der Waals surface area contributed by atoms with Gasteiger partial charge in [0, 0.05) is 11.4 Å². The summed E-state index contributed by atoms with van der Waals surface area (Å²) in [5.74, 6) is -0.161. The topological polar surface area (TPSA) is 29.5 Å². The smallest absolute Gasteiger partial charge is 0.326 e. The fourth-order valence-corrected chi connectivity index (χ4v) is 4.59. The van der Waals surface area contributed by atoms with E-state index in [4.69, 9.17) is 4.74 Å². The van der Waals surface area contributed by atoms with Gasteiger partial charge in [0.05, 0.1) is 0 Å². The number of hydrogen-bond acceptors (Lipinski definition) is 4. The fourth-order valence-electron chi connectivity index (χ4n) is 3.28. The number of carbonyl (C=O) groups excluding carboxylic acids is 1. The van der Waals surface area contributed by atoms with Gasteiger partial charge in [0.15, 0.2) is 0 Å². The Morgan fingerprint density at radius 3 is 2.40 bits per heavy atom. The third-order valence-electron chi connectivity index (χ3n) is 4.86. The standard InChI is InChI=1S/C21H25NO2S/c1-4-22(5-2)14-15-24-20(23)21(3)18-12-8-6-10-16(18)17-11-7-9-13-19(17)25-21/h6-13H,4-5,14-15H2,1-3H3. The molecule has 2 aromatic carbocycles. The normalized spacial score (nSPS) is 18.6. The minimum Gasteiger partial charge on any atom is -0.463 e. The first kappa shape index (κ1) is 18.0. The van der Waals surface area contributed by atoms with Crippen LogP contribution >= 0.6 is 11.8 Å². The fraction of sp³-hybridized carbons (Fsp3) is 0.381. The maximum absolute atomic E-state index is 13.0. The zero-order valence-corrected chi connectivity index (χ0v) is 15.9. The number of esters is 1. The van der Waals surface area contributed by atoms with Gasteiger partial charge < -0.3 is 9.64 Å². The van der Waals surface area contributed by atoms with Gasteiger partial charge in [-0.15, -0.1) is 11.8 Å². The molecule has 0 aromatic heterocycles. The first-order chi connectivity index (χ1) is 12.1. The molecule has 0 fully saturated rings. The first-order valence-electron chi connectivity index (χ1n) is 8.87. The molecule has 1 atom stereocenters. The number of thioether (sulfide) groups is 1. The van der Waals surface area contributed by atoms with E-state index in [1.54, 1.807) is 11.8 Å². The zero-order valence-electron chi connectivity index (χ0n) is 15.1. The van der Waals surface area contributed by atoms with Crippen molar-refractivity contribution in [2.45, 2.75) is 30.4 Å². The van der Waals surface area contributed by atoms with Crippen LogP contribution in [0.4, 0.5) is 0 Å². The van der Waals surface area contributed by atoms with Crippen LogP contribution in [-0.2, 0) is 14.3 Å². The van der Waals surface area contributed by atoms with E-state index in [0.29, 0.717) is 6.61 Å². The van der Waals surface area contributed by atoms with Gasteiger partial charge in [-0.3, -0.25) is 4.79 Å². The summed E-state index contributed by atoms with van der Waals surface area (Å²) in [7, 11) is 0. The molecule has 2 aromatic rings. The maximum Gasteiger partial charge on any atom is 0.326 e. The third-order valence-corrected chi connectivity index (χ3v) is 6.23. The average molecular weight is 356 g/mol. The molecule has 0 radical (unpaired) electrons. The van der Waals surface area contributed by atoms with Gasteiger partial charge in [0.2, 0.25) is 0 Å². The molecule has 0 bridgehead atoms. The molecule has 3 rings (SSSR count). The Hall–Kier alpha value is -1.78. The summed E-state index contributed by atoms with van der Waals surface area (Å²) in [6.45, 7) is 9.37. The summed E-state index contributed by atoms with van der Waals surface area (Å²) in [6, 6.07) is 16.4. The second kappa shape index (κ2) is 7.63. The van der Waals surface area contributed by atoms with Crippen LogP contribution in [0.2, 0.25) is 0 Å². The van der Waals surface area contributed by atoms with E-state index in [1.165, 1.54) is 5.56 Å². The molecule has 3 nitrogen and oxygen atoms in total. The molecule has 25 heavy (non-hydrogen) atoms. The van der Waals surface area contributed by atoms with Gasteiger partial charge in [0.1, 0.15) is 11.4 Å². The largest absolute Gasteiger partial charge is 0.463 e. The van der Waals surface area contributed by atoms with Crippen molar-refractivity contribution in [1.29, 1.82) is 0 Å². The third kappa shape index (κ3) is 3.46. The Kier molecular flexibility index (Phi) is 5.50. The molecule has 1 aliphatic rings. The monoisotopic (exact) mass is 355 g/mol. The summed E-state index contributed by atoms with van der Waals surface area (Å²) in [5.41, 5.74) is 3.35. The summed E-state index contributed by atoms with van der Waals surface area (Å²) < 4.78 is 4.98. The zero-order chi connectivity index (χ0) is 17.9. The number of ether oxygens (including phenoxy) is 1. The molecular formula is C21H25NO2S. The lowest BCUT2D eigenvalue weighted by Gasteiger charge is -2.34. The molecule has 0 saturated carbocycles. The van der Waals surface area contributed by atoms with E-state index in [2.05, 4.69) is 36.9 Å². The Morgan fingerprint density at radius 2 is 1.68 bits per heavy atom. The maximum atomic E-state index is 13.0. The van der Waals surface area contributed by atoms with E-state index >= 15 is 0 Å². The molecule has 1 heterocycles. The minimum atomic E-state index is -0.714. The molecular weight excluding hydrogens is 330 g/mol. The lowest BCUT2D eigenvalue weighted by Crippen LogP contribution is -2.35. The quantitative estimate of drug-likeness (QED) is 0.711. The number of hydrogen-bond donors (Lipinski definition) is 0. The van der Waals surface area contributed by atoms with E-state index in [-0.39, 0.29) is 5.97 Å². The van der Waals surface area contributed by atoms with Crippen molar-refractivity contribution in [2.75, 3.05) is 26.2 Å². The van der Waals surface area contributed by atoms with Crippen molar-refractivity contribution < 1.29 is 9.53 Å². The second-order valence-electron chi connectivity index (χ2n) is 6.34. The molecule has 0 aliphatic carbocycles. The SMILES string of the molecule is CCN(CC)CCOC(=O)C1(C)Sc2ccccc2-c2ccccc21. The van der Waals surface area contributed by atoms with Gasteiger partial charge in [-0.05, 0) is 42.8 Å². The first-order valence-corrected chi connectivity index (χ1v) is 9.69. The minimum absolute atomic E-state index is 0.161. The molecule has 4 heteroatoms. The number of nitrogens with zero attached hydrogens (tertiary/aromatic N) is 1. The summed E-state index contributed by atoms with van der Waals surface area (Å²) in [5, 5.41) is 0. The van der Waals surface area contributed by atoms with E-state index in [1.807, 2.05) is 37.3 Å². The van der Waals surface area contributed by atoms with Crippen LogP contribution < -0.4 is 0 Å². The van der Waals surface area contributed by atoms with Crippen molar-refractivity contribution in [3.8, 4) is 11.1 Å². The van der Waals surface area contributed by atoms with Crippen molar-refractivity contribution >= 4 is 17.7 Å². The Labute approximate surface area is 154 Å². The van der Waals surface area contributed by atoms with Crippen LogP contribution in [0, 0.1) is 0 Å². The highest BCUT2D eigenvalue weighted by molar-refractivity contribution is 8.01.